The molecule has 2 aromatic heterocycles. The second-order valence-corrected chi connectivity index (χ2v) is 8.05. The number of anilines is 1. The Hall–Kier alpha value is -2.19. The summed E-state index contributed by atoms with van der Waals surface area (Å²) in [7, 11) is 0. The molecule has 0 radical (unpaired) electrons. The van der Waals surface area contributed by atoms with Gasteiger partial charge in [-0.1, -0.05) is 23.2 Å². The van der Waals surface area contributed by atoms with Gasteiger partial charge in [0.15, 0.2) is 5.78 Å². The number of rotatable bonds is 6. The largest absolute Gasteiger partial charge is 0.368 e. The van der Waals surface area contributed by atoms with Gasteiger partial charge in [-0.2, -0.15) is 5.10 Å². The topological polar surface area (TPSA) is 67.2 Å². The van der Waals surface area contributed by atoms with Crippen molar-refractivity contribution >= 4 is 47.1 Å². The second kappa shape index (κ2) is 10.4. The molecule has 3 heterocycles. The van der Waals surface area contributed by atoms with E-state index in [0.29, 0.717) is 34.5 Å². The molecule has 0 atom stereocenters. The number of halogens is 3. The summed E-state index contributed by atoms with van der Waals surface area (Å²) in [6.07, 6.45) is 5.36. The van der Waals surface area contributed by atoms with E-state index < -0.39 is 0 Å². The minimum Gasteiger partial charge on any atom is -0.368 e. The van der Waals surface area contributed by atoms with Crippen molar-refractivity contribution in [1.29, 1.82) is 0 Å². The minimum absolute atomic E-state index is 0. The predicted octanol–water partition coefficient (Wildman–Crippen LogP) is 4.09. The van der Waals surface area contributed by atoms with Crippen LogP contribution in [0, 0.1) is 6.92 Å². The maximum absolute atomic E-state index is 12.8. The summed E-state index contributed by atoms with van der Waals surface area (Å²) in [4.78, 5) is 25.7. The van der Waals surface area contributed by atoms with Gasteiger partial charge in [0, 0.05) is 56.6 Å². The average Bonchev–Trinajstić information content (AvgIpc) is 3.16. The van der Waals surface area contributed by atoms with E-state index in [1.807, 2.05) is 19.1 Å². The van der Waals surface area contributed by atoms with Gasteiger partial charge in [0.1, 0.15) is 0 Å². The normalized spacial score (nSPS) is 14.4. The SMILES string of the molecule is Cc1c(C(=O)CCN2CCN(c3cc(Cl)ccc3Cl)CC2)cnn1-c1ncccn1.Cl. The molecule has 0 amide bonds. The fraction of sp³-hybridized carbons (Fsp3) is 0.333. The lowest BCUT2D eigenvalue weighted by atomic mass is 10.1. The highest BCUT2D eigenvalue weighted by atomic mass is 35.5. The van der Waals surface area contributed by atoms with E-state index in [1.165, 1.54) is 0 Å². The zero-order valence-corrected chi connectivity index (χ0v) is 19.4. The molecule has 1 fully saturated rings. The number of piperazine rings is 1. The molecule has 31 heavy (non-hydrogen) atoms. The Morgan fingerprint density at radius 3 is 2.52 bits per heavy atom. The van der Waals surface area contributed by atoms with Gasteiger partial charge < -0.3 is 4.90 Å². The summed E-state index contributed by atoms with van der Waals surface area (Å²) in [5.41, 5.74) is 2.34. The Kier molecular flexibility index (Phi) is 7.89. The highest BCUT2D eigenvalue weighted by Gasteiger charge is 2.21. The van der Waals surface area contributed by atoms with Crippen LogP contribution in [0.3, 0.4) is 0 Å². The molecular weight excluding hydrogens is 459 g/mol. The zero-order chi connectivity index (χ0) is 21.1. The maximum atomic E-state index is 12.8. The average molecular weight is 482 g/mol. The van der Waals surface area contributed by atoms with Crippen molar-refractivity contribution in [1.82, 2.24) is 24.6 Å². The van der Waals surface area contributed by atoms with Crippen molar-refractivity contribution in [2.75, 3.05) is 37.6 Å². The van der Waals surface area contributed by atoms with Gasteiger partial charge in [0.25, 0.3) is 5.95 Å². The van der Waals surface area contributed by atoms with Crippen LogP contribution in [0.2, 0.25) is 10.0 Å². The molecule has 0 spiro atoms. The number of carbonyl (C=O) groups is 1. The molecule has 3 aromatic rings. The molecule has 1 aromatic carbocycles. The first-order valence-corrected chi connectivity index (χ1v) is 10.6. The Morgan fingerprint density at radius 2 is 1.81 bits per heavy atom. The van der Waals surface area contributed by atoms with E-state index in [0.717, 1.165) is 37.6 Å². The first kappa shape index (κ1) is 23.5. The number of Topliss-reactive ketones (excluding diaryl/α,β-unsaturated/α-hetero) is 1. The molecule has 10 heteroatoms. The molecule has 0 bridgehead atoms. The zero-order valence-electron chi connectivity index (χ0n) is 17.0. The highest BCUT2D eigenvalue weighted by Crippen LogP contribution is 2.29. The smallest absolute Gasteiger partial charge is 0.250 e. The van der Waals surface area contributed by atoms with Gasteiger partial charge in [0.05, 0.1) is 28.2 Å². The van der Waals surface area contributed by atoms with E-state index in [4.69, 9.17) is 23.2 Å². The van der Waals surface area contributed by atoms with E-state index >= 15 is 0 Å². The van der Waals surface area contributed by atoms with E-state index in [2.05, 4.69) is 24.9 Å². The van der Waals surface area contributed by atoms with E-state index in [-0.39, 0.29) is 18.2 Å². The van der Waals surface area contributed by atoms with Gasteiger partial charge in [-0.3, -0.25) is 9.69 Å². The van der Waals surface area contributed by atoms with Gasteiger partial charge in [-0.25, -0.2) is 14.6 Å². The first-order valence-electron chi connectivity index (χ1n) is 9.80. The number of aromatic nitrogens is 4. The number of hydrogen-bond donors (Lipinski definition) is 0. The summed E-state index contributed by atoms with van der Waals surface area (Å²) >= 11 is 12.4. The molecule has 0 N–H and O–H groups in total. The van der Waals surface area contributed by atoms with Gasteiger partial charge >= 0.3 is 0 Å². The van der Waals surface area contributed by atoms with Crippen LogP contribution in [-0.4, -0.2) is 63.2 Å². The molecule has 1 aliphatic rings. The van der Waals surface area contributed by atoms with Crippen LogP contribution >= 0.6 is 35.6 Å². The Labute approximate surface area is 197 Å². The molecular formula is C21H23Cl3N6O. The molecule has 1 aliphatic heterocycles. The fourth-order valence-corrected chi connectivity index (χ4v) is 4.02. The monoisotopic (exact) mass is 480 g/mol. The van der Waals surface area contributed by atoms with Crippen LogP contribution in [-0.2, 0) is 0 Å². The number of nitrogens with zero attached hydrogens (tertiary/aromatic N) is 6. The minimum atomic E-state index is 0. The van der Waals surface area contributed by atoms with Crippen LogP contribution in [0.1, 0.15) is 22.5 Å². The molecule has 0 aliphatic carbocycles. The summed E-state index contributed by atoms with van der Waals surface area (Å²) in [6.45, 7) is 6.00. The summed E-state index contributed by atoms with van der Waals surface area (Å²) in [5, 5.41) is 5.67. The van der Waals surface area contributed by atoms with Gasteiger partial charge in [0.2, 0.25) is 0 Å². The third-order valence-electron chi connectivity index (χ3n) is 5.33. The van der Waals surface area contributed by atoms with Crippen molar-refractivity contribution in [2.45, 2.75) is 13.3 Å². The lowest BCUT2D eigenvalue weighted by Crippen LogP contribution is -2.47. The number of ketones is 1. The van der Waals surface area contributed by atoms with Crippen LogP contribution < -0.4 is 4.90 Å². The lowest BCUT2D eigenvalue weighted by Gasteiger charge is -2.36. The first-order chi connectivity index (χ1) is 14.5. The molecule has 0 unspecified atom stereocenters. The predicted molar refractivity (Wildman–Crippen MR) is 125 cm³/mol. The summed E-state index contributed by atoms with van der Waals surface area (Å²) in [5.74, 6) is 0.542. The van der Waals surface area contributed by atoms with E-state index in [1.54, 1.807) is 35.4 Å². The molecule has 164 valence electrons. The quantitative estimate of drug-likeness (QED) is 0.494. The molecule has 4 rings (SSSR count). The number of benzene rings is 1. The summed E-state index contributed by atoms with van der Waals surface area (Å²) in [6, 6.07) is 7.27. The second-order valence-electron chi connectivity index (χ2n) is 7.20. The fourth-order valence-electron chi connectivity index (χ4n) is 3.62. The van der Waals surface area contributed by atoms with E-state index in [9.17, 15) is 4.79 Å². The van der Waals surface area contributed by atoms with Crippen molar-refractivity contribution in [3.05, 3.63) is 64.2 Å². The van der Waals surface area contributed by atoms with Crippen LogP contribution in [0.15, 0.2) is 42.9 Å². The van der Waals surface area contributed by atoms with Crippen molar-refractivity contribution < 1.29 is 4.79 Å². The van der Waals surface area contributed by atoms with Crippen molar-refractivity contribution in [2.24, 2.45) is 0 Å². The standard InChI is InChI=1S/C21H22Cl2N6O.ClH/c1-15-17(14-26-29(15)21-24-6-2-7-25-21)20(30)5-8-27-9-11-28(12-10-27)19-13-16(22)3-4-18(19)23;/h2-4,6-7,13-14H,5,8-12H2,1H3;1H. The highest BCUT2D eigenvalue weighted by molar-refractivity contribution is 6.35. The number of hydrogen-bond acceptors (Lipinski definition) is 6. The van der Waals surface area contributed by atoms with Crippen LogP contribution in [0.5, 0.6) is 0 Å². The molecule has 1 saturated heterocycles. The van der Waals surface area contributed by atoms with Crippen molar-refractivity contribution in [3.8, 4) is 5.95 Å². The Bertz CT molecular complexity index is 1030. The van der Waals surface area contributed by atoms with Crippen molar-refractivity contribution in [3.63, 3.8) is 0 Å². The lowest BCUT2D eigenvalue weighted by molar-refractivity contribution is 0.0962. The summed E-state index contributed by atoms with van der Waals surface area (Å²) < 4.78 is 1.60. The Balaban J connectivity index is 0.00000272. The molecule has 7 nitrogen and oxygen atoms in total. The maximum Gasteiger partial charge on any atom is 0.250 e. The third-order valence-corrected chi connectivity index (χ3v) is 5.88. The third kappa shape index (κ3) is 5.36. The van der Waals surface area contributed by atoms with Crippen LogP contribution in [0.4, 0.5) is 5.69 Å². The Morgan fingerprint density at radius 1 is 1.10 bits per heavy atom. The van der Waals surface area contributed by atoms with Gasteiger partial charge in [-0.15, -0.1) is 12.4 Å². The van der Waals surface area contributed by atoms with Gasteiger partial charge in [-0.05, 0) is 31.2 Å². The molecule has 0 saturated carbocycles. The van der Waals surface area contributed by atoms with Crippen LogP contribution in [0.25, 0.3) is 5.95 Å². The number of carbonyl (C=O) groups excluding carboxylic acids is 1.